The Bertz CT molecular complexity index is 1300. The Balaban J connectivity index is 3.87. The summed E-state index contributed by atoms with van der Waals surface area (Å²) in [6.07, 6.45) is 60.5. The highest BCUT2D eigenvalue weighted by Crippen LogP contribution is 2.16. The molecular formula is C59H105NO8. The Labute approximate surface area is 418 Å². The standard InChI is InChI=1S/C59H105NO8/c1-6-8-10-12-14-15-16-17-18-19-20-21-22-23-24-25-26-27-28-29-30-31-32-33-34-35-36-37-38-39-40-41-42-43-44-46-48-50-57(62)68-55(53-66-56(61)49-47-45-13-11-9-7-2)54-67-59(58(63)64)65-52-51-60(3,4)5/h8,10,14-15,17-18,20-21,23-24,55,59H,6-7,9,11-13,16,19,22,25-54H2,1-5H3/b10-8-,15-14-,18-17-,21-20-,24-23-. The van der Waals surface area contributed by atoms with Crippen LogP contribution in [0.4, 0.5) is 0 Å². The van der Waals surface area contributed by atoms with Gasteiger partial charge in [0.05, 0.1) is 40.3 Å². The van der Waals surface area contributed by atoms with Crippen LogP contribution in [0.15, 0.2) is 60.8 Å². The summed E-state index contributed by atoms with van der Waals surface area (Å²) in [4.78, 5) is 36.8. The fraction of sp³-hybridized carbons (Fsp3) is 0.780. The fourth-order valence-corrected chi connectivity index (χ4v) is 7.74. The van der Waals surface area contributed by atoms with E-state index in [-0.39, 0.29) is 32.2 Å². The molecule has 0 saturated carbocycles. The summed E-state index contributed by atoms with van der Waals surface area (Å²) in [5.74, 6) is -2.29. The Kier molecular flexibility index (Phi) is 48.2. The molecule has 0 aliphatic carbocycles. The molecule has 0 radical (unpaired) electrons. The van der Waals surface area contributed by atoms with E-state index >= 15 is 0 Å². The van der Waals surface area contributed by atoms with Gasteiger partial charge in [0.1, 0.15) is 13.2 Å². The molecular weight excluding hydrogens is 851 g/mol. The van der Waals surface area contributed by atoms with E-state index in [4.69, 9.17) is 18.9 Å². The van der Waals surface area contributed by atoms with Gasteiger partial charge in [-0.15, -0.1) is 0 Å². The molecule has 0 amide bonds. The molecule has 0 aliphatic rings. The highest BCUT2D eigenvalue weighted by molar-refractivity contribution is 5.70. The number of hydrogen-bond acceptors (Lipinski definition) is 8. The van der Waals surface area contributed by atoms with E-state index in [1.807, 2.05) is 21.1 Å². The summed E-state index contributed by atoms with van der Waals surface area (Å²) < 4.78 is 22.5. The number of carboxylic acid groups (broad SMARTS) is 1. The van der Waals surface area contributed by atoms with Crippen LogP contribution in [0.25, 0.3) is 0 Å². The highest BCUT2D eigenvalue weighted by Gasteiger charge is 2.22. The van der Waals surface area contributed by atoms with Crippen molar-refractivity contribution in [3.05, 3.63) is 60.8 Å². The quantitative estimate of drug-likeness (QED) is 0.0195. The predicted molar refractivity (Wildman–Crippen MR) is 283 cm³/mol. The summed E-state index contributed by atoms with van der Waals surface area (Å²) >= 11 is 0. The predicted octanol–water partition coefficient (Wildman–Crippen LogP) is 14.7. The second-order valence-electron chi connectivity index (χ2n) is 19.9. The first-order valence-corrected chi connectivity index (χ1v) is 27.9. The van der Waals surface area contributed by atoms with Crippen molar-refractivity contribution in [1.29, 1.82) is 0 Å². The Morgan fingerprint density at radius 2 is 0.838 bits per heavy atom. The van der Waals surface area contributed by atoms with Gasteiger partial charge >= 0.3 is 11.9 Å². The summed E-state index contributed by atoms with van der Waals surface area (Å²) in [6.45, 7) is 4.57. The molecule has 0 heterocycles. The highest BCUT2D eigenvalue weighted by atomic mass is 16.7. The van der Waals surface area contributed by atoms with Gasteiger partial charge < -0.3 is 33.3 Å². The van der Waals surface area contributed by atoms with E-state index in [0.717, 1.165) is 70.6 Å². The Morgan fingerprint density at radius 1 is 0.456 bits per heavy atom. The lowest BCUT2D eigenvalue weighted by Crippen LogP contribution is -2.44. The molecule has 68 heavy (non-hydrogen) atoms. The van der Waals surface area contributed by atoms with E-state index in [1.165, 1.54) is 135 Å². The zero-order valence-electron chi connectivity index (χ0n) is 44.7. The van der Waals surface area contributed by atoms with Crippen LogP contribution < -0.4 is 5.11 Å². The molecule has 0 saturated heterocycles. The molecule has 394 valence electrons. The van der Waals surface area contributed by atoms with Crippen molar-refractivity contribution in [2.45, 2.75) is 251 Å². The molecule has 0 rings (SSSR count). The van der Waals surface area contributed by atoms with Crippen LogP contribution in [0.2, 0.25) is 0 Å². The van der Waals surface area contributed by atoms with E-state index in [9.17, 15) is 19.5 Å². The van der Waals surface area contributed by atoms with Crippen molar-refractivity contribution in [3.8, 4) is 0 Å². The normalized spacial score (nSPS) is 13.2. The number of esters is 2. The van der Waals surface area contributed by atoms with Crippen molar-refractivity contribution in [3.63, 3.8) is 0 Å². The molecule has 0 aromatic rings. The number of nitrogens with zero attached hydrogens (tertiary/aromatic N) is 1. The van der Waals surface area contributed by atoms with Gasteiger partial charge in [0.2, 0.25) is 0 Å². The second kappa shape index (κ2) is 50.4. The molecule has 0 spiro atoms. The minimum absolute atomic E-state index is 0.149. The third-order valence-electron chi connectivity index (χ3n) is 12.0. The number of aliphatic carboxylic acids is 1. The number of carbonyl (C=O) groups is 3. The summed E-state index contributed by atoms with van der Waals surface area (Å²) in [7, 11) is 5.91. The number of rotatable bonds is 51. The smallest absolute Gasteiger partial charge is 0.306 e. The van der Waals surface area contributed by atoms with Crippen LogP contribution in [0.3, 0.4) is 0 Å². The minimum Gasteiger partial charge on any atom is -0.545 e. The molecule has 9 nitrogen and oxygen atoms in total. The van der Waals surface area contributed by atoms with Crippen LogP contribution in [0, 0.1) is 0 Å². The third-order valence-corrected chi connectivity index (χ3v) is 12.0. The summed E-state index contributed by atoms with van der Waals surface area (Å²) in [6, 6.07) is 0. The van der Waals surface area contributed by atoms with Crippen molar-refractivity contribution < 1.29 is 42.9 Å². The number of allylic oxidation sites excluding steroid dienone is 10. The molecule has 0 aliphatic heterocycles. The molecule has 0 aromatic carbocycles. The first-order chi connectivity index (χ1) is 33.1. The van der Waals surface area contributed by atoms with Gasteiger partial charge in [0.25, 0.3) is 0 Å². The molecule has 2 atom stereocenters. The molecule has 0 bridgehead atoms. The molecule has 0 N–H and O–H groups in total. The number of quaternary nitrogens is 1. The monoisotopic (exact) mass is 956 g/mol. The van der Waals surface area contributed by atoms with Gasteiger partial charge in [-0.3, -0.25) is 9.59 Å². The van der Waals surface area contributed by atoms with Gasteiger partial charge in [-0.2, -0.15) is 0 Å². The van der Waals surface area contributed by atoms with Crippen molar-refractivity contribution in [2.24, 2.45) is 0 Å². The number of ether oxygens (including phenoxy) is 4. The van der Waals surface area contributed by atoms with Crippen LogP contribution in [-0.2, 0) is 33.3 Å². The van der Waals surface area contributed by atoms with Gasteiger partial charge in [0.15, 0.2) is 12.4 Å². The first kappa shape index (κ1) is 65.0. The zero-order valence-corrected chi connectivity index (χ0v) is 44.7. The van der Waals surface area contributed by atoms with Gasteiger partial charge in [-0.1, -0.05) is 229 Å². The maximum atomic E-state index is 12.8. The summed E-state index contributed by atoms with van der Waals surface area (Å²) in [5, 5.41) is 11.7. The Morgan fingerprint density at radius 3 is 1.25 bits per heavy atom. The molecule has 9 heteroatoms. The maximum Gasteiger partial charge on any atom is 0.306 e. The van der Waals surface area contributed by atoms with E-state index in [2.05, 4.69) is 74.6 Å². The van der Waals surface area contributed by atoms with Crippen LogP contribution in [-0.4, -0.2) is 82.3 Å². The second-order valence-corrected chi connectivity index (χ2v) is 19.9. The number of carbonyl (C=O) groups excluding carboxylic acids is 3. The SMILES string of the molecule is CC/C=C\C/C=C\C/C=C\C/C=C\C/C=C\CCCCCCCCCCCCCCCCCCCCCCCC(=O)OC(COC(=O)CCCCCCCC)COC(OCC[N+](C)(C)C)C(=O)[O-]. The van der Waals surface area contributed by atoms with Crippen molar-refractivity contribution in [1.82, 2.24) is 0 Å². The molecule has 0 fully saturated rings. The molecule has 0 aromatic heterocycles. The Hall–Kier alpha value is -3.01. The lowest BCUT2D eigenvalue weighted by Gasteiger charge is -2.26. The zero-order chi connectivity index (χ0) is 49.9. The third kappa shape index (κ3) is 50.9. The maximum absolute atomic E-state index is 12.8. The average Bonchev–Trinajstić information content (AvgIpc) is 3.30. The topological polar surface area (TPSA) is 111 Å². The van der Waals surface area contributed by atoms with E-state index in [0.29, 0.717) is 23.9 Å². The van der Waals surface area contributed by atoms with Gasteiger partial charge in [0, 0.05) is 12.8 Å². The minimum atomic E-state index is -1.62. The average molecular weight is 956 g/mol. The molecule has 2 unspecified atom stereocenters. The summed E-state index contributed by atoms with van der Waals surface area (Å²) in [5.41, 5.74) is 0. The van der Waals surface area contributed by atoms with Crippen LogP contribution in [0.1, 0.15) is 239 Å². The van der Waals surface area contributed by atoms with E-state index < -0.39 is 24.3 Å². The van der Waals surface area contributed by atoms with Crippen molar-refractivity contribution in [2.75, 3.05) is 47.5 Å². The van der Waals surface area contributed by atoms with Crippen LogP contribution in [0.5, 0.6) is 0 Å². The largest absolute Gasteiger partial charge is 0.545 e. The number of likely N-dealkylation sites (N-methyl/N-ethyl adjacent to an activating group) is 1. The number of hydrogen-bond donors (Lipinski definition) is 0. The lowest BCUT2D eigenvalue weighted by atomic mass is 10.0. The number of carboxylic acids is 1. The van der Waals surface area contributed by atoms with Crippen LogP contribution >= 0.6 is 0 Å². The lowest BCUT2D eigenvalue weighted by molar-refractivity contribution is -0.870. The number of unbranched alkanes of at least 4 members (excludes halogenated alkanes) is 26. The van der Waals surface area contributed by atoms with Gasteiger partial charge in [-0.05, 0) is 57.8 Å². The van der Waals surface area contributed by atoms with E-state index in [1.54, 1.807) is 0 Å². The fourth-order valence-electron chi connectivity index (χ4n) is 7.74. The van der Waals surface area contributed by atoms with Gasteiger partial charge in [-0.25, -0.2) is 0 Å². The first-order valence-electron chi connectivity index (χ1n) is 27.9. The van der Waals surface area contributed by atoms with Crippen molar-refractivity contribution >= 4 is 17.9 Å².